The van der Waals surface area contributed by atoms with E-state index >= 15 is 0 Å². The summed E-state index contributed by atoms with van der Waals surface area (Å²) >= 11 is 0. The van der Waals surface area contributed by atoms with Crippen molar-refractivity contribution in [1.29, 1.82) is 0 Å². The van der Waals surface area contributed by atoms with Crippen molar-refractivity contribution in [2.45, 2.75) is 44.5 Å². The topological polar surface area (TPSA) is 128 Å². The van der Waals surface area contributed by atoms with Gasteiger partial charge in [0, 0.05) is 51.3 Å². The Bertz CT molecular complexity index is 2240. The van der Waals surface area contributed by atoms with E-state index in [1.165, 1.54) is 25.6 Å². The number of carbonyl (C=O) groups is 1. The number of amides is 1. The molecule has 0 saturated carbocycles. The van der Waals surface area contributed by atoms with Crippen LogP contribution in [0.4, 0.5) is 16.0 Å². The summed E-state index contributed by atoms with van der Waals surface area (Å²) in [5.41, 5.74) is 4.74. The summed E-state index contributed by atoms with van der Waals surface area (Å²) in [6, 6.07) is 15.7. The van der Waals surface area contributed by atoms with Crippen LogP contribution in [0.5, 0.6) is 5.75 Å². The third-order valence-electron chi connectivity index (χ3n) is 9.69. The number of aryl methyl sites for hydroxylation is 1. The summed E-state index contributed by atoms with van der Waals surface area (Å²) in [5, 5.41) is 8.87. The van der Waals surface area contributed by atoms with E-state index in [9.17, 15) is 9.18 Å². The number of hydrogen-bond acceptors (Lipinski definition) is 10. The Morgan fingerprint density at radius 3 is 2.70 bits per heavy atom. The molecule has 1 fully saturated rings. The number of methoxy groups -OCH3 is 2. The van der Waals surface area contributed by atoms with Crippen LogP contribution in [-0.4, -0.2) is 97.6 Å². The highest BCUT2D eigenvalue weighted by molar-refractivity contribution is 5.94. The Hall–Kier alpha value is -5.63. The number of hydrogen-bond donors (Lipinski definition) is 1. The van der Waals surface area contributed by atoms with Crippen LogP contribution in [0.1, 0.15) is 19.2 Å². The van der Waals surface area contributed by atoms with Crippen LogP contribution in [-0.2, 0) is 22.5 Å². The van der Waals surface area contributed by atoms with Crippen LogP contribution in [0.15, 0.2) is 67.1 Å². The maximum Gasteiger partial charge on any atom is 0.245 e. The molecule has 0 spiro atoms. The lowest BCUT2D eigenvalue weighted by Crippen LogP contribution is -2.47. The van der Waals surface area contributed by atoms with Crippen LogP contribution < -0.4 is 15.0 Å². The number of imidazole rings is 1. The van der Waals surface area contributed by atoms with Crippen LogP contribution in [0.2, 0.25) is 0 Å². The van der Waals surface area contributed by atoms with Crippen molar-refractivity contribution in [3.8, 4) is 22.7 Å². The minimum atomic E-state index is -0.548. The minimum absolute atomic E-state index is 0.0563. The highest BCUT2D eigenvalue weighted by atomic mass is 19.1. The molecular formula is C36H37FN10O3. The molecule has 50 heavy (non-hydrogen) atoms. The van der Waals surface area contributed by atoms with Gasteiger partial charge in [-0.1, -0.05) is 25.1 Å². The first-order valence-electron chi connectivity index (χ1n) is 16.7. The fourth-order valence-corrected chi connectivity index (χ4v) is 7.31. The molecule has 8 rings (SSSR count). The fraction of sp³-hybridized carbons (Fsp3) is 0.333. The second kappa shape index (κ2) is 12.7. The molecule has 256 valence electrons. The van der Waals surface area contributed by atoms with E-state index in [2.05, 4.69) is 33.0 Å². The SMILES string of the molecule is CCc1nc2cccc3c2n1CC(OC)CN(C)C(=O)[C@@H]1C[C@@H](CN1c1ncnc2c1cnn2-c1ccc(F)cc1OC)Nc1cccc-3n1. The number of nitrogens with zero attached hydrogens (tertiary/aromatic N) is 9. The van der Waals surface area contributed by atoms with Crippen LogP contribution >= 0.6 is 0 Å². The molecule has 4 aromatic heterocycles. The molecule has 1 N–H and O–H groups in total. The molecule has 1 unspecified atom stereocenters. The molecule has 4 bridgehead atoms. The van der Waals surface area contributed by atoms with Gasteiger partial charge >= 0.3 is 0 Å². The molecular weight excluding hydrogens is 639 g/mol. The zero-order valence-electron chi connectivity index (χ0n) is 28.2. The summed E-state index contributed by atoms with van der Waals surface area (Å²) in [7, 11) is 4.98. The van der Waals surface area contributed by atoms with Gasteiger partial charge in [-0.3, -0.25) is 4.79 Å². The standard InChI is InChI=1S/C36H37FN10O3/c1-5-32-43-27-10-6-8-24-26-9-7-11-31(42-26)41-22-15-29(36(48)44(2)18-23(49-3)19-46(32)33(24)27)45(17-22)34-25-16-40-47(35(25)39-20-38-34)28-13-12-21(37)14-30(28)50-4/h6-14,16,20,22-23,29H,5,15,17-19H2,1-4H3,(H,41,42)/t22-,23?,29-/m0/s1. The molecule has 0 radical (unpaired) electrons. The van der Waals surface area contributed by atoms with Gasteiger partial charge in [0.05, 0.1) is 48.1 Å². The lowest BCUT2D eigenvalue weighted by atomic mass is 10.1. The Morgan fingerprint density at radius 2 is 1.88 bits per heavy atom. The van der Waals surface area contributed by atoms with Crippen LogP contribution in [0.25, 0.3) is 39.0 Å². The van der Waals surface area contributed by atoms with Gasteiger partial charge < -0.3 is 29.2 Å². The average molecular weight is 677 g/mol. The first-order chi connectivity index (χ1) is 24.4. The van der Waals surface area contributed by atoms with Gasteiger partial charge in [-0.05, 0) is 36.8 Å². The van der Waals surface area contributed by atoms with E-state index in [1.54, 1.807) is 29.0 Å². The van der Waals surface area contributed by atoms with Crippen molar-refractivity contribution in [3.63, 3.8) is 0 Å². The predicted molar refractivity (Wildman–Crippen MR) is 187 cm³/mol. The Labute approximate surface area is 287 Å². The number of ether oxygens (including phenoxy) is 2. The Morgan fingerprint density at radius 1 is 1.02 bits per heavy atom. The van der Waals surface area contributed by atoms with Crippen molar-refractivity contribution >= 4 is 39.6 Å². The van der Waals surface area contributed by atoms with Gasteiger partial charge in [0.15, 0.2) is 5.65 Å². The van der Waals surface area contributed by atoms with Gasteiger partial charge in [-0.15, -0.1) is 0 Å². The Kier molecular flexibility index (Phi) is 8.02. The highest BCUT2D eigenvalue weighted by Gasteiger charge is 2.41. The number of pyridine rings is 1. The van der Waals surface area contributed by atoms with Crippen molar-refractivity contribution < 1.29 is 18.7 Å². The lowest BCUT2D eigenvalue weighted by Gasteiger charge is -2.31. The highest BCUT2D eigenvalue weighted by Crippen LogP contribution is 2.35. The first-order valence-corrected chi connectivity index (χ1v) is 16.7. The second-order valence-corrected chi connectivity index (χ2v) is 12.7. The molecule has 2 aliphatic rings. The average Bonchev–Trinajstić information content (AvgIpc) is 3.86. The second-order valence-electron chi connectivity index (χ2n) is 12.7. The van der Waals surface area contributed by atoms with Gasteiger partial charge in [0.2, 0.25) is 5.91 Å². The number of fused-ring (bicyclic) bond motifs is 6. The molecule has 1 saturated heterocycles. The number of halogens is 1. The molecule has 13 nitrogen and oxygen atoms in total. The molecule has 2 aliphatic heterocycles. The first kappa shape index (κ1) is 31.6. The summed E-state index contributed by atoms with van der Waals surface area (Å²) < 4.78 is 29.3. The number of para-hydroxylation sites is 1. The van der Waals surface area contributed by atoms with E-state index in [0.29, 0.717) is 60.2 Å². The van der Waals surface area contributed by atoms with E-state index in [0.717, 1.165) is 34.5 Å². The predicted octanol–water partition coefficient (Wildman–Crippen LogP) is 4.48. The van der Waals surface area contributed by atoms with Crippen molar-refractivity contribution in [2.75, 3.05) is 44.6 Å². The smallest absolute Gasteiger partial charge is 0.245 e. The number of anilines is 2. The van der Waals surface area contributed by atoms with Gasteiger partial charge in [0.25, 0.3) is 0 Å². The molecule has 2 aromatic carbocycles. The summed E-state index contributed by atoms with van der Waals surface area (Å²) in [6.45, 7) is 3.45. The number of carbonyl (C=O) groups excluding carboxylic acids is 1. The fourth-order valence-electron chi connectivity index (χ4n) is 7.31. The normalized spacial score (nSPS) is 19.5. The van der Waals surface area contributed by atoms with Crippen molar-refractivity contribution in [1.82, 2.24) is 39.2 Å². The van der Waals surface area contributed by atoms with Crippen LogP contribution in [0, 0.1) is 5.82 Å². The maximum absolute atomic E-state index is 14.5. The summed E-state index contributed by atoms with van der Waals surface area (Å²) in [4.78, 5) is 37.5. The number of benzene rings is 2. The third kappa shape index (κ3) is 5.35. The quantitative estimate of drug-likeness (QED) is 0.279. The number of aromatic nitrogens is 7. The van der Waals surface area contributed by atoms with Crippen molar-refractivity contribution in [3.05, 3.63) is 78.8 Å². The van der Waals surface area contributed by atoms with Gasteiger partial charge in [0.1, 0.15) is 47.1 Å². The Balaban J connectivity index is 1.22. The zero-order valence-corrected chi connectivity index (χ0v) is 28.2. The zero-order chi connectivity index (χ0) is 34.5. The lowest BCUT2D eigenvalue weighted by molar-refractivity contribution is -0.132. The minimum Gasteiger partial charge on any atom is -0.494 e. The largest absolute Gasteiger partial charge is 0.494 e. The molecule has 0 aliphatic carbocycles. The number of likely N-dealkylation sites (N-methyl/N-ethyl adjacent to an activating group) is 1. The summed E-state index contributed by atoms with van der Waals surface area (Å²) in [5.74, 6) is 2.07. The van der Waals surface area contributed by atoms with Crippen molar-refractivity contribution in [2.24, 2.45) is 0 Å². The van der Waals surface area contributed by atoms with Crippen LogP contribution in [0.3, 0.4) is 0 Å². The molecule has 1 amide bonds. The molecule has 14 heteroatoms. The van der Waals surface area contributed by atoms with E-state index < -0.39 is 11.9 Å². The third-order valence-corrected chi connectivity index (χ3v) is 9.69. The van der Waals surface area contributed by atoms with Gasteiger partial charge in [-0.25, -0.2) is 29.0 Å². The molecule has 3 atom stereocenters. The molecule has 6 heterocycles. The van der Waals surface area contributed by atoms with Gasteiger partial charge in [-0.2, -0.15) is 5.10 Å². The number of rotatable bonds is 5. The monoisotopic (exact) mass is 676 g/mol. The maximum atomic E-state index is 14.5. The van der Waals surface area contributed by atoms with E-state index in [1.807, 2.05) is 42.3 Å². The number of nitrogens with one attached hydrogen (secondary N) is 1. The molecule has 6 aromatic rings. The van der Waals surface area contributed by atoms with E-state index in [-0.39, 0.29) is 18.1 Å². The van der Waals surface area contributed by atoms with E-state index in [4.69, 9.17) is 24.4 Å². The summed E-state index contributed by atoms with van der Waals surface area (Å²) in [6.07, 6.45) is 4.08.